The molecule has 1 heterocycles. The van der Waals surface area contributed by atoms with E-state index in [0.29, 0.717) is 0 Å². The Bertz CT molecular complexity index is 693. The Balaban J connectivity index is 0.00000147. The number of hydrogen-bond donors (Lipinski definition) is 0. The van der Waals surface area contributed by atoms with Crippen molar-refractivity contribution in [2.45, 2.75) is 6.92 Å². The Morgan fingerprint density at radius 2 is 1.65 bits per heavy atom. The summed E-state index contributed by atoms with van der Waals surface area (Å²) in [5.41, 5.74) is 5.43. The van der Waals surface area contributed by atoms with E-state index in [4.69, 9.17) is 0 Å². The number of hydrogen-bond acceptors (Lipinski definition) is 1. The first-order valence-electron chi connectivity index (χ1n) is 6.34. The van der Waals surface area contributed by atoms with Crippen molar-refractivity contribution in [1.82, 2.24) is 4.98 Å². The maximum absolute atomic E-state index is 4.55. The number of pyridine rings is 1. The Morgan fingerprint density at radius 3 is 2.40 bits per heavy atom. The molecule has 0 unspecified atom stereocenters. The van der Waals surface area contributed by atoms with Crippen molar-refractivity contribution in [3.63, 3.8) is 0 Å². The molecule has 1 aromatic heterocycles. The van der Waals surface area contributed by atoms with Crippen molar-refractivity contribution in [3.8, 4) is 22.4 Å². The summed E-state index contributed by atoms with van der Waals surface area (Å²) in [4.78, 5) is 4.55. The molecule has 3 rings (SSSR count). The number of aromatic nitrogens is 1. The molecule has 0 bridgehead atoms. The summed E-state index contributed by atoms with van der Waals surface area (Å²) < 4.78 is 0. The molecule has 1 nitrogen and oxygen atoms in total. The van der Waals surface area contributed by atoms with Gasteiger partial charge >= 0.3 is 0 Å². The summed E-state index contributed by atoms with van der Waals surface area (Å²) in [7, 11) is 0. The van der Waals surface area contributed by atoms with Crippen LogP contribution in [0.15, 0.2) is 66.7 Å². The topological polar surface area (TPSA) is 12.9 Å². The van der Waals surface area contributed by atoms with E-state index in [1.807, 2.05) is 37.3 Å². The van der Waals surface area contributed by atoms with Crippen LogP contribution in [0.25, 0.3) is 22.4 Å². The van der Waals surface area contributed by atoms with Crippen LogP contribution in [0.2, 0.25) is 0 Å². The van der Waals surface area contributed by atoms with Crippen molar-refractivity contribution < 1.29 is 20.1 Å². The van der Waals surface area contributed by atoms with Gasteiger partial charge in [-0.25, -0.2) is 0 Å². The van der Waals surface area contributed by atoms with Crippen molar-refractivity contribution in [2.75, 3.05) is 0 Å². The van der Waals surface area contributed by atoms with E-state index in [1.165, 1.54) is 11.1 Å². The van der Waals surface area contributed by atoms with Gasteiger partial charge in [-0.15, -0.1) is 35.4 Å². The molecule has 0 aliphatic rings. The molecular weight excluding hydrogens is 422 g/mol. The first kappa shape index (κ1) is 14.6. The van der Waals surface area contributed by atoms with Gasteiger partial charge in [-0.3, -0.25) is 0 Å². The monoisotopic (exact) mass is 437 g/mol. The predicted molar refractivity (Wildman–Crippen MR) is 78.7 cm³/mol. The van der Waals surface area contributed by atoms with Crippen molar-refractivity contribution in [2.24, 2.45) is 0 Å². The van der Waals surface area contributed by atoms with Crippen LogP contribution in [0.1, 0.15) is 5.69 Å². The summed E-state index contributed by atoms with van der Waals surface area (Å²) >= 11 is 0. The Morgan fingerprint density at radius 1 is 0.850 bits per heavy atom. The fourth-order valence-corrected chi connectivity index (χ4v) is 2.12. The number of benzene rings is 2. The standard InChI is InChI=1S/C18H14N.Ir/c1-14-7-5-12-18(19-14)17-11-6-10-16(13-17)15-8-3-2-4-9-15;/h2-10,12-13H,1H3;/q-1;. The van der Waals surface area contributed by atoms with Gasteiger partial charge in [0.2, 0.25) is 0 Å². The second kappa shape index (κ2) is 6.60. The second-order valence-corrected chi connectivity index (χ2v) is 4.52. The predicted octanol–water partition coefficient (Wildman–Crippen LogP) is 4.52. The largest absolute Gasteiger partial charge is 0.302 e. The van der Waals surface area contributed by atoms with Gasteiger partial charge in [-0.2, -0.15) is 0 Å². The molecule has 2 aromatic carbocycles. The average molecular weight is 437 g/mol. The van der Waals surface area contributed by atoms with E-state index >= 15 is 0 Å². The van der Waals surface area contributed by atoms with Crippen LogP contribution in [0.4, 0.5) is 0 Å². The zero-order valence-electron chi connectivity index (χ0n) is 11.1. The number of rotatable bonds is 2. The normalized spacial score (nSPS) is 9.85. The molecular formula is C18H14IrN-. The summed E-state index contributed by atoms with van der Waals surface area (Å²) in [5, 5.41) is 0. The summed E-state index contributed by atoms with van der Waals surface area (Å²) in [6, 6.07) is 25.8. The maximum Gasteiger partial charge on any atom is 0.0266 e. The van der Waals surface area contributed by atoms with E-state index in [-0.39, 0.29) is 20.1 Å². The van der Waals surface area contributed by atoms with Crippen molar-refractivity contribution in [1.29, 1.82) is 0 Å². The molecule has 0 N–H and O–H groups in total. The fraction of sp³-hybridized carbons (Fsp3) is 0.0556. The molecule has 0 saturated carbocycles. The van der Waals surface area contributed by atoms with Crippen LogP contribution < -0.4 is 0 Å². The minimum atomic E-state index is 0. The van der Waals surface area contributed by atoms with Gasteiger partial charge in [0, 0.05) is 25.8 Å². The minimum Gasteiger partial charge on any atom is -0.302 e. The molecule has 101 valence electrons. The first-order valence-corrected chi connectivity index (χ1v) is 6.34. The van der Waals surface area contributed by atoms with Crippen LogP contribution in [-0.4, -0.2) is 4.98 Å². The van der Waals surface area contributed by atoms with E-state index in [0.717, 1.165) is 17.0 Å². The van der Waals surface area contributed by atoms with E-state index < -0.39 is 0 Å². The van der Waals surface area contributed by atoms with Gasteiger partial charge in [-0.05, 0) is 24.2 Å². The molecule has 3 aromatic rings. The molecule has 0 spiro atoms. The third kappa shape index (κ3) is 3.22. The molecule has 2 heteroatoms. The first-order chi connectivity index (χ1) is 9.33. The van der Waals surface area contributed by atoms with Gasteiger partial charge < -0.3 is 4.98 Å². The zero-order chi connectivity index (χ0) is 13.1. The van der Waals surface area contributed by atoms with Crippen LogP contribution in [-0.2, 0) is 20.1 Å². The van der Waals surface area contributed by atoms with Crippen LogP contribution in [0, 0.1) is 13.0 Å². The molecule has 0 amide bonds. The van der Waals surface area contributed by atoms with Crippen LogP contribution in [0.5, 0.6) is 0 Å². The van der Waals surface area contributed by atoms with Crippen molar-refractivity contribution >= 4 is 0 Å². The molecule has 0 saturated heterocycles. The van der Waals surface area contributed by atoms with Gasteiger partial charge in [0.05, 0.1) is 0 Å². The van der Waals surface area contributed by atoms with Gasteiger partial charge in [0.15, 0.2) is 0 Å². The SMILES string of the molecule is Cc1cccc(-c2[c-]ccc(-c3ccccc3)c2)n1.[Ir]. The fourth-order valence-electron chi connectivity index (χ4n) is 2.12. The Hall–Kier alpha value is -1.76. The maximum atomic E-state index is 4.55. The Labute approximate surface area is 133 Å². The quantitative estimate of drug-likeness (QED) is 0.539. The number of nitrogens with zero attached hydrogens (tertiary/aromatic N) is 1. The summed E-state index contributed by atoms with van der Waals surface area (Å²) in [5.74, 6) is 0. The molecule has 1 radical (unpaired) electrons. The average Bonchev–Trinajstić information content (AvgIpc) is 2.48. The minimum absolute atomic E-state index is 0. The number of aryl methyl sites for hydroxylation is 1. The summed E-state index contributed by atoms with van der Waals surface area (Å²) in [6.07, 6.45) is 0. The van der Waals surface area contributed by atoms with Gasteiger partial charge in [0.1, 0.15) is 0 Å². The van der Waals surface area contributed by atoms with Gasteiger partial charge in [0.25, 0.3) is 0 Å². The molecule has 20 heavy (non-hydrogen) atoms. The summed E-state index contributed by atoms with van der Waals surface area (Å²) in [6.45, 7) is 2.00. The smallest absolute Gasteiger partial charge is 0.0266 e. The van der Waals surface area contributed by atoms with Crippen LogP contribution in [0.3, 0.4) is 0 Å². The third-order valence-corrected chi connectivity index (χ3v) is 3.07. The van der Waals surface area contributed by atoms with E-state index in [2.05, 4.69) is 47.4 Å². The molecule has 0 aliphatic carbocycles. The van der Waals surface area contributed by atoms with E-state index in [9.17, 15) is 0 Å². The van der Waals surface area contributed by atoms with Gasteiger partial charge in [-0.1, -0.05) is 42.5 Å². The second-order valence-electron chi connectivity index (χ2n) is 4.52. The third-order valence-electron chi connectivity index (χ3n) is 3.07. The molecule has 0 aliphatic heterocycles. The zero-order valence-corrected chi connectivity index (χ0v) is 13.5. The van der Waals surface area contributed by atoms with Crippen LogP contribution >= 0.6 is 0 Å². The van der Waals surface area contributed by atoms with E-state index in [1.54, 1.807) is 0 Å². The molecule has 0 atom stereocenters. The molecule has 0 fully saturated rings. The Kier molecular flexibility index (Phi) is 4.83. The van der Waals surface area contributed by atoms with Crippen molar-refractivity contribution in [3.05, 3.63) is 78.5 Å².